The number of nitrogens with zero attached hydrogens (tertiary/aromatic N) is 1. The molecule has 2 aromatic rings. The monoisotopic (exact) mass is 387 g/mol. The van der Waals surface area contributed by atoms with Gasteiger partial charge in [0.25, 0.3) is 0 Å². The van der Waals surface area contributed by atoms with Crippen LogP contribution in [0, 0.1) is 18.3 Å². The Kier molecular flexibility index (Phi) is 16.4. The average molecular weight is 387 g/mol. The molecule has 0 unspecified atom stereocenters. The number of carbonyl (C=O) groups is 2. The van der Waals surface area contributed by atoms with E-state index >= 15 is 0 Å². The Labute approximate surface area is 166 Å². The van der Waals surface area contributed by atoms with E-state index in [1.165, 1.54) is 12.6 Å². The highest BCUT2D eigenvalue weighted by Crippen LogP contribution is 2.27. The van der Waals surface area contributed by atoms with Gasteiger partial charge in [0, 0.05) is 11.3 Å². The molecule has 2 rings (SSSR count). The standard InChI is InChI=1S/C10H14O2.C9H8N2O.CH5N.CH2O/c1-4-12-10-7-8(2)5-6-9(10)11-3;10-4-3-7-5-9(11)2-1-8(7)6-12;2*1-2/h5-7H,4H2,1-3H3;1-2,5-6H,3,11H2;2H2,1H3;1H2. The van der Waals surface area contributed by atoms with Crippen LogP contribution in [0.15, 0.2) is 36.4 Å². The molecule has 0 saturated heterocycles. The molecular formula is C21H29N3O4. The summed E-state index contributed by atoms with van der Waals surface area (Å²) in [7, 11) is 3.15. The fraction of sp³-hybridized carbons (Fsp3) is 0.286. The minimum Gasteiger partial charge on any atom is -0.493 e. The van der Waals surface area contributed by atoms with E-state index in [1.807, 2.05) is 44.9 Å². The van der Waals surface area contributed by atoms with Crippen LogP contribution in [0.1, 0.15) is 28.4 Å². The van der Waals surface area contributed by atoms with Crippen LogP contribution in [0.4, 0.5) is 5.69 Å². The zero-order valence-electron chi connectivity index (χ0n) is 16.9. The molecule has 0 atom stereocenters. The van der Waals surface area contributed by atoms with E-state index < -0.39 is 0 Å². The van der Waals surface area contributed by atoms with Crippen molar-refractivity contribution in [2.24, 2.45) is 5.73 Å². The molecule has 0 aromatic heterocycles. The van der Waals surface area contributed by atoms with Gasteiger partial charge in [0.15, 0.2) is 11.5 Å². The van der Waals surface area contributed by atoms with Gasteiger partial charge in [-0.25, -0.2) is 0 Å². The predicted octanol–water partition coefficient (Wildman–Crippen LogP) is 2.94. The van der Waals surface area contributed by atoms with Crippen LogP contribution >= 0.6 is 0 Å². The molecule has 0 spiro atoms. The lowest BCUT2D eigenvalue weighted by Crippen LogP contribution is -1.95. The first-order valence-electron chi connectivity index (χ1n) is 8.40. The first-order chi connectivity index (χ1) is 13.5. The minimum atomic E-state index is 0.221. The van der Waals surface area contributed by atoms with Gasteiger partial charge in [-0.15, -0.1) is 0 Å². The molecule has 0 heterocycles. The molecule has 0 aliphatic carbocycles. The fourth-order valence-electron chi connectivity index (χ4n) is 2.03. The van der Waals surface area contributed by atoms with E-state index in [-0.39, 0.29) is 6.42 Å². The van der Waals surface area contributed by atoms with Gasteiger partial charge >= 0.3 is 0 Å². The summed E-state index contributed by atoms with van der Waals surface area (Å²) in [5, 5.41) is 8.42. The van der Waals surface area contributed by atoms with Crippen molar-refractivity contribution in [2.75, 3.05) is 26.5 Å². The third-order valence-electron chi connectivity index (χ3n) is 3.18. The van der Waals surface area contributed by atoms with Crippen LogP contribution in [0.3, 0.4) is 0 Å². The third kappa shape index (κ3) is 9.94. The number of aryl methyl sites for hydroxylation is 1. The number of nitriles is 1. The number of nitrogen functional groups attached to an aromatic ring is 1. The molecule has 2 aromatic carbocycles. The lowest BCUT2D eigenvalue weighted by atomic mass is 10.1. The van der Waals surface area contributed by atoms with Crippen LogP contribution in [0.2, 0.25) is 0 Å². The van der Waals surface area contributed by atoms with Gasteiger partial charge in [0.1, 0.15) is 13.1 Å². The van der Waals surface area contributed by atoms with E-state index in [2.05, 4.69) is 5.73 Å². The van der Waals surface area contributed by atoms with E-state index in [9.17, 15) is 4.79 Å². The molecule has 28 heavy (non-hydrogen) atoms. The largest absolute Gasteiger partial charge is 0.493 e. The van der Waals surface area contributed by atoms with Gasteiger partial charge in [-0.05, 0) is 62.4 Å². The van der Waals surface area contributed by atoms with Gasteiger partial charge in [0.2, 0.25) is 0 Å². The molecule has 0 bridgehead atoms. The Morgan fingerprint density at radius 1 is 1.14 bits per heavy atom. The predicted molar refractivity (Wildman–Crippen MR) is 112 cm³/mol. The highest BCUT2D eigenvalue weighted by molar-refractivity contribution is 5.78. The van der Waals surface area contributed by atoms with Crippen LogP contribution < -0.4 is 20.9 Å². The molecule has 4 N–H and O–H groups in total. The number of aldehydes is 1. The molecule has 0 radical (unpaired) electrons. The number of nitrogens with two attached hydrogens (primary N) is 2. The highest BCUT2D eigenvalue weighted by atomic mass is 16.5. The van der Waals surface area contributed by atoms with Crippen molar-refractivity contribution in [3.8, 4) is 17.6 Å². The summed E-state index contributed by atoms with van der Waals surface area (Å²) in [6, 6.07) is 12.8. The summed E-state index contributed by atoms with van der Waals surface area (Å²) < 4.78 is 10.5. The van der Waals surface area contributed by atoms with Crippen LogP contribution in [-0.4, -0.2) is 33.8 Å². The highest BCUT2D eigenvalue weighted by Gasteiger charge is 2.02. The van der Waals surface area contributed by atoms with Gasteiger partial charge in [-0.2, -0.15) is 5.26 Å². The van der Waals surface area contributed by atoms with Crippen molar-refractivity contribution in [3.63, 3.8) is 0 Å². The van der Waals surface area contributed by atoms with Crippen LogP contribution in [0.25, 0.3) is 0 Å². The second kappa shape index (κ2) is 17.1. The SMILES string of the molecule is C=O.CCOc1cc(C)ccc1OC.CN.N#CCc1cc(N)ccc1C=O. The summed E-state index contributed by atoms with van der Waals surface area (Å²) in [6.07, 6.45) is 0.950. The quantitative estimate of drug-likeness (QED) is 0.596. The first-order valence-corrected chi connectivity index (χ1v) is 8.40. The molecule has 0 saturated carbocycles. The van der Waals surface area contributed by atoms with Gasteiger partial charge in [0.05, 0.1) is 26.2 Å². The number of benzene rings is 2. The lowest BCUT2D eigenvalue weighted by Gasteiger charge is -2.09. The number of hydrogen-bond donors (Lipinski definition) is 2. The van der Waals surface area contributed by atoms with Gasteiger partial charge < -0.3 is 25.7 Å². The van der Waals surface area contributed by atoms with Crippen molar-refractivity contribution < 1.29 is 19.1 Å². The number of rotatable bonds is 5. The Morgan fingerprint density at radius 3 is 2.29 bits per heavy atom. The lowest BCUT2D eigenvalue weighted by molar-refractivity contribution is -0.0980. The summed E-state index contributed by atoms with van der Waals surface area (Å²) in [6.45, 7) is 6.66. The summed E-state index contributed by atoms with van der Waals surface area (Å²) >= 11 is 0. The number of anilines is 1. The topological polar surface area (TPSA) is 128 Å². The van der Waals surface area contributed by atoms with Gasteiger partial charge in [-0.3, -0.25) is 4.79 Å². The molecule has 0 aliphatic rings. The van der Waals surface area contributed by atoms with Crippen LogP contribution in [-0.2, 0) is 11.2 Å². The molecular weight excluding hydrogens is 358 g/mol. The van der Waals surface area contributed by atoms with E-state index in [0.717, 1.165) is 17.8 Å². The Morgan fingerprint density at radius 2 is 1.79 bits per heavy atom. The van der Waals surface area contributed by atoms with Crippen molar-refractivity contribution in [2.45, 2.75) is 20.3 Å². The van der Waals surface area contributed by atoms with E-state index in [1.54, 1.807) is 25.3 Å². The molecule has 7 heteroatoms. The maximum atomic E-state index is 10.5. The minimum absolute atomic E-state index is 0.221. The van der Waals surface area contributed by atoms with E-state index in [0.29, 0.717) is 23.4 Å². The number of ether oxygens (including phenoxy) is 2. The second-order valence-corrected chi connectivity index (χ2v) is 5.00. The number of carbonyl (C=O) groups excluding carboxylic acids is 2. The number of methoxy groups -OCH3 is 1. The third-order valence-corrected chi connectivity index (χ3v) is 3.18. The van der Waals surface area contributed by atoms with Crippen molar-refractivity contribution in [1.82, 2.24) is 0 Å². The first kappa shape index (κ1) is 26.9. The molecule has 0 amide bonds. The Hall–Kier alpha value is -3.37. The molecule has 152 valence electrons. The van der Waals surface area contributed by atoms with Gasteiger partial charge in [-0.1, -0.05) is 6.07 Å². The summed E-state index contributed by atoms with van der Waals surface area (Å²) in [5.41, 5.74) is 13.0. The Bertz CT molecular complexity index is 743. The summed E-state index contributed by atoms with van der Waals surface area (Å²) in [4.78, 5) is 18.5. The Balaban J connectivity index is 0. The second-order valence-electron chi connectivity index (χ2n) is 5.00. The molecule has 0 fully saturated rings. The zero-order chi connectivity index (χ0) is 21.9. The number of hydrogen-bond acceptors (Lipinski definition) is 7. The van der Waals surface area contributed by atoms with Crippen molar-refractivity contribution in [3.05, 3.63) is 53.1 Å². The molecule has 7 nitrogen and oxygen atoms in total. The summed E-state index contributed by atoms with van der Waals surface area (Å²) in [5.74, 6) is 1.61. The smallest absolute Gasteiger partial charge is 0.161 e. The normalized spacial score (nSPS) is 8.29. The fourth-order valence-corrected chi connectivity index (χ4v) is 2.03. The maximum absolute atomic E-state index is 10.5. The zero-order valence-corrected chi connectivity index (χ0v) is 16.9. The van der Waals surface area contributed by atoms with E-state index in [4.69, 9.17) is 25.3 Å². The van der Waals surface area contributed by atoms with Crippen molar-refractivity contribution >= 4 is 18.8 Å². The molecule has 0 aliphatic heterocycles. The average Bonchev–Trinajstić information content (AvgIpc) is 2.72. The van der Waals surface area contributed by atoms with Crippen LogP contribution in [0.5, 0.6) is 11.5 Å². The maximum Gasteiger partial charge on any atom is 0.161 e. The van der Waals surface area contributed by atoms with Crippen molar-refractivity contribution in [1.29, 1.82) is 5.26 Å².